The largest absolute Gasteiger partial charge is 0.569 e. The molecule has 1 aromatic heterocycles. The molecule has 23 heavy (non-hydrogen) atoms. The van der Waals surface area contributed by atoms with Crippen LogP contribution in [0.15, 0.2) is 18.7 Å². The molecule has 0 spiro atoms. The smallest absolute Gasteiger partial charge is 0.374 e. The first-order valence-corrected chi connectivity index (χ1v) is 11.4. The first kappa shape index (κ1) is 20.5. The van der Waals surface area contributed by atoms with Crippen molar-refractivity contribution in [2.24, 2.45) is 0 Å². The lowest BCUT2D eigenvalue weighted by Gasteiger charge is -2.31. The van der Waals surface area contributed by atoms with Gasteiger partial charge in [-0.15, -0.1) is 0 Å². The van der Waals surface area contributed by atoms with Crippen LogP contribution in [0.25, 0.3) is 0 Å². The first-order valence-electron chi connectivity index (χ1n) is 8.24. The molecule has 0 aliphatic carbocycles. The average Bonchev–Trinajstić information content (AvgIpc) is 3.01. The second-order valence-corrected chi connectivity index (χ2v) is 9.01. The van der Waals surface area contributed by atoms with Crippen LogP contribution in [0.1, 0.15) is 34.1 Å². The lowest BCUT2D eigenvalue weighted by Crippen LogP contribution is -2.51. The van der Waals surface area contributed by atoms with Gasteiger partial charge in [-0.1, -0.05) is 0 Å². The molecule has 0 saturated carbocycles. The van der Waals surface area contributed by atoms with Crippen LogP contribution in [0.2, 0.25) is 6.04 Å². The molecule has 0 amide bonds. The Kier molecular flexibility index (Phi) is 10.6. The average molecular weight is 362 g/mol. The van der Waals surface area contributed by atoms with Gasteiger partial charge in [0.1, 0.15) is 0 Å². The van der Waals surface area contributed by atoms with Gasteiger partial charge in [-0.05, 0) is 34.1 Å². The van der Waals surface area contributed by atoms with E-state index < -0.39 is 18.3 Å². The fourth-order valence-electron chi connectivity index (χ4n) is 2.10. The molecule has 1 rings (SSSR count). The third kappa shape index (κ3) is 7.70. The van der Waals surface area contributed by atoms with E-state index in [9.17, 15) is 0 Å². The second kappa shape index (κ2) is 11.9. The molecule has 0 aliphatic rings. The van der Waals surface area contributed by atoms with Crippen LogP contribution in [0, 0.1) is 0 Å². The normalized spacial score (nSPS) is 12.2. The number of aromatic nitrogens is 2. The minimum atomic E-state index is -2.81. The van der Waals surface area contributed by atoms with Crippen LogP contribution < -0.4 is 0 Å². The summed E-state index contributed by atoms with van der Waals surface area (Å²) in [4.78, 5) is 4.05. The Morgan fingerprint density at radius 1 is 1.00 bits per heavy atom. The van der Waals surface area contributed by atoms with Gasteiger partial charge in [-0.25, -0.2) is 4.98 Å². The van der Waals surface area contributed by atoms with Gasteiger partial charge in [0.05, 0.1) is 6.33 Å². The quantitative estimate of drug-likeness (QED) is 0.474. The predicted octanol–water partition coefficient (Wildman–Crippen LogP) is 2.36. The highest BCUT2D eigenvalue weighted by atomic mass is 28.4. The minimum absolute atomic E-state index is 0.546. The van der Waals surface area contributed by atoms with Crippen LogP contribution in [0.5, 0.6) is 0 Å². The Morgan fingerprint density at radius 3 is 2.13 bits per heavy atom. The molecule has 0 atom stereocenters. The lowest BCUT2D eigenvalue weighted by atomic mass is 10.5. The van der Waals surface area contributed by atoms with E-state index in [0.29, 0.717) is 26.4 Å². The van der Waals surface area contributed by atoms with Crippen LogP contribution in [0.4, 0.5) is 0 Å². The Morgan fingerprint density at radius 2 is 1.65 bits per heavy atom. The van der Waals surface area contributed by atoms with E-state index in [1.807, 2.05) is 38.5 Å². The van der Waals surface area contributed by atoms with Crippen molar-refractivity contribution in [1.82, 2.24) is 9.55 Å². The Bertz CT molecular complexity index is 383. The zero-order valence-electron chi connectivity index (χ0n) is 14.6. The summed E-state index contributed by atoms with van der Waals surface area (Å²) in [5, 5.41) is 0. The van der Waals surface area contributed by atoms with Crippen molar-refractivity contribution in [3.05, 3.63) is 18.7 Å². The molecule has 0 fully saturated rings. The highest BCUT2D eigenvalue weighted by Gasteiger charge is 2.45. The van der Waals surface area contributed by atoms with Gasteiger partial charge >= 0.3 is 18.3 Å². The molecular formula is C14H29N2O5Si2. The van der Waals surface area contributed by atoms with Crippen LogP contribution in [-0.4, -0.2) is 54.3 Å². The molecule has 0 N–H and O–H groups in total. The Hall–Kier alpha value is -0.556. The van der Waals surface area contributed by atoms with E-state index in [-0.39, 0.29) is 0 Å². The van der Waals surface area contributed by atoms with E-state index in [4.69, 9.17) is 21.8 Å². The van der Waals surface area contributed by atoms with Crippen molar-refractivity contribution < 1.29 is 21.8 Å². The van der Waals surface area contributed by atoms with Gasteiger partial charge in [0.2, 0.25) is 0 Å². The third-order valence-corrected chi connectivity index (χ3v) is 8.33. The number of imidazole rings is 1. The van der Waals surface area contributed by atoms with Crippen LogP contribution >= 0.6 is 0 Å². The molecule has 7 nitrogen and oxygen atoms in total. The number of hydrogen-bond donors (Lipinski definition) is 0. The summed E-state index contributed by atoms with van der Waals surface area (Å²) in [5.74, 6) is 0. The van der Waals surface area contributed by atoms with Gasteiger partial charge < -0.3 is 26.4 Å². The molecule has 0 aromatic carbocycles. The van der Waals surface area contributed by atoms with Crippen LogP contribution in [0.3, 0.4) is 0 Å². The van der Waals surface area contributed by atoms with Crippen molar-refractivity contribution >= 4 is 18.3 Å². The van der Waals surface area contributed by atoms with Gasteiger partial charge in [-0.2, -0.15) is 0 Å². The SMILES string of the molecule is CCO[Si](OCC)O[Si](CCCn1ccnc1)(OCC)OCC. The van der Waals surface area contributed by atoms with Crippen molar-refractivity contribution in [3.8, 4) is 0 Å². The Balaban J connectivity index is 2.68. The summed E-state index contributed by atoms with van der Waals surface area (Å²) in [7, 11) is -4.64. The fraction of sp³-hybridized carbons (Fsp3) is 0.786. The zero-order chi connectivity index (χ0) is 17.0. The molecular weight excluding hydrogens is 332 g/mol. The van der Waals surface area contributed by atoms with Gasteiger partial charge in [-0.3, -0.25) is 0 Å². The Labute approximate surface area is 142 Å². The van der Waals surface area contributed by atoms with Crippen molar-refractivity contribution in [2.75, 3.05) is 26.4 Å². The molecule has 0 saturated heterocycles. The summed E-state index contributed by atoms with van der Waals surface area (Å²) >= 11 is 0. The van der Waals surface area contributed by atoms with Gasteiger partial charge in [0.15, 0.2) is 0 Å². The molecule has 1 aromatic rings. The van der Waals surface area contributed by atoms with E-state index >= 15 is 0 Å². The molecule has 9 heteroatoms. The standard InChI is InChI=1S/C14H29N2O5Si2/c1-5-17-22(18-6-2)21-23(19-7-3,20-8-4)13-9-11-16-12-10-15-14-16/h10,12,14H,5-9,11,13H2,1-4H3. The molecule has 133 valence electrons. The van der Waals surface area contributed by atoms with E-state index in [1.165, 1.54) is 0 Å². The van der Waals surface area contributed by atoms with E-state index in [2.05, 4.69) is 4.98 Å². The second-order valence-electron chi connectivity index (χ2n) is 4.67. The summed E-state index contributed by atoms with van der Waals surface area (Å²) in [6.07, 6.45) is 6.41. The first-order chi connectivity index (χ1) is 11.2. The maximum atomic E-state index is 6.15. The minimum Gasteiger partial charge on any atom is -0.374 e. The summed E-state index contributed by atoms with van der Waals surface area (Å²) in [6.45, 7) is 10.8. The van der Waals surface area contributed by atoms with Crippen molar-refractivity contribution in [1.29, 1.82) is 0 Å². The molecule has 0 bridgehead atoms. The van der Waals surface area contributed by atoms with E-state index in [0.717, 1.165) is 19.0 Å². The molecule has 1 heterocycles. The maximum absolute atomic E-state index is 6.15. The highest BCUT2D eigenvalue weighted by molar-refractivity contribution is 6.67. The fourth-order valence-corrected chi connectivity index (χ4v) is 6.86. The third-order valence-electron chi connectivity index (χ3n) is 2.95. The molecule has 1 radical (unpaired) electrons. The van der Waals surface area contributed by atoms with Gasteiger partial charge in [0, 0.05) is 51.4 Å². The van der Waals surface area contributed by atoms with Crippen LogP contribution in [-0.2, 0) is 28.4 Å². The number of rotatable bonds is 14. The van der Waals surface area contributed by atoms with Crippen molar-refractivity contribution in [3.63, 3.8) is 0 Å². The number of nitrogens with zero attached hydrogens (tertiary/aromatic N) is 2. The summed E-state index contributed by atoms with van der Waals surface area (Å²) in [5.41, 5.74) is 0. The summed E-state index contributed by atoms with van der Waals surface area (Å²) < 4.78 is 31.3. The monoisotopic (exact) mass is 361 g/mol. The maximum Gasteiger partial charge on any atom is 0.569 e. The number of hydrogen-bond acceptors (Lipinski definition) is 6. The highest BCUT2D eigenvalue weighted by Crippen LogP contribution is 2.20. The van der Waals surface area contributed by atoms with Gasteiger partial charge in [0.25, 0.3) is 0 Å². The van der Waals surface area contributed by atoms with E-state index in [1.54, 1.807) is 12.5 Å². The summed E-state index contributed by atoms with van der Waals surface area (Å²) in [6, 6.07) is 0.723. The number of aryl methyl sites for hydroxylation is 1. The van der Waals surface area contributed by atoms with Crippen molar-refractivity contribution in [2.45, 2.75) is 46.7 Å². The lowest BCUT2D eigenvalue weighted by molar-refractivity contribution is 0.0689. The molecule has 0 aliphatic heterocycles. The topological polar surface area (TPSA) is 64.0 Å². The molecule has 0 unspecified atom stereocenters. The predicted molar refractivity (Wildman–Crippen MR) is 90.7 cm³/mol. The zero-order valence-corrected chi connectivity index (χ0v) is 16.6.